The normalized spacial score (nSPS) is 10.2. The van der Waals surface area contributed by atoms with Gasteiger partial charge in [0.15, 0.2) is 0 Å². The molecule has 2 N–H and O–H groups in total. The third kappa shape index (κ3) is 3.54. The Morgan fingerprint density at radius 2 is 1.89 bits per heavy atom. The van der Waals surface area contributed by atoms with E-state index in [1.165, 1.54) is 12.1 Å². The molecule has 2 aromatic rings. The fourth-order valence-corrected chi connectivity index (χ4v) is 1.88. The van der Waals surface area contributed by atoms with Crippen LogP contribution in [0.2, 0.25) is 0 Å². The monoisotopic (exact) mass is 323 g/mol. The Hall–Kier alpha value is -1.88. The lowest BCUT2D eigenvalue weighted by Gasteiger charge is -2.07. The molecule has 19 heavy (non-hydrogen) atoms. The average molecular weight is 324 g/mol. The second kappa shape index (κ2) is 5.84. The summed E-state index contributed by atoms with van der Waals surface area (Å²) in [6.45, 7) is 0.429. The molecule has 2 rings (SSSR count). The molecule has 0 saturated heterocycles. The molecule has 0 radical (unpaired) electrons. The van der Waals surface area contributed by atoms with Crippen LogP contribution >= 0.6 is 15.9 Å². The zero-order valence-electron chi connectivity index (χ0n) is 9.86. The molecule has 0 saturated carbocycles. The summed E-state index contributed by atoms with van der Waals surface area (Å²) in [4.78, 5) is 10.7. The topological polar surface area (TPSA) is 49.3 Å². The Morgan fingerprint density at radius 1 is 1.21 bits per heavy atom. The summed E-state index contributed by atoms with van der Waals surface area (Å²) in [5.74, 6) is -1.98. The number of halogens is 2. The van der Waals surface area contributed by atoms with Crippen molar-refractivity contribution in [1.29, 1.82) is 0 Å². The van der Waals surface area contributed by atoms with Crippen LogP contribution in [-0.2, 0) is 6.54 Å². The van der Waals surface area contributed by atoms with Gasteiger partial charge in [-0.3, -0.25) is 0 Å². The van der Waals surface area contributed by atoms with Crippen LogP contribution in [0.3, 0.4) is 0 Å². The molecule has 0 heterocycles. The highest BCUT2D eigenvalue weighted by Gasteiger charge is 2.10. The van der Waals surface area contributed by atoms with Gasteiger partial charge in [-0.1, -0.05) is 22.0 Å². The predicted octanol–water partition coefficient (Wildman–Crippen LogP) is 3.90. The van der Waals surface area contributed by atoms with Gasteiger partial charge >= 0.3 is 5.97 Å². The number of carboxylic acids is 1. The molecule has 0 bridgehead atoms. The van der Waals surface area contributed by atoms with Gasteiger partial charge in [0.2, 0.25) is 0 Å². The van der Waals surface area contributed by atoms with Crippen LogP contribution in [0.1, 0.15) is 15.9 Å². The highest BCUT2D eigenvalue weighted by molar-refractivity contribution is 9.10. The van der Waals surface area contributed by atoms with Crippen LogP contribution < -0.4 is 5.32 Å². The van der Waals surface area contributed by atoms with Crippen LogP contribution in [-0.4, -0.2) is 11.1 Å². The van der Waals surface area contributed by atoms with Gasteiger partial charge in [-0.25, -0.2) is 9.18 Å². The van der Waals surface area contributed by atoms with Crippen LogP contribution in [0.4, 0.5) is 10.1 Å². The summed E-state index contributed by atoms with van der Waals surface area (Å²) >= 11 is 3.34. The SMILES string of the molecule is O=C(O)c1ccc(CNc2ccc(Br)cc2)cc1F. The van der Waals surface area contributed by atoms with E-state index in [9.17, 15) is 9.18 Å². The van der Waals surface area contributed by atoms with Crippen molar-refractivity contribution >= 4 is 27.6 Å². The predicted molar refractivity (Wildman–Crippen MR) is 74.8 cm³/mol. The van der Waals surface area contributed by atoms with Gasteiger partial charge in [0, 0.05) is 16.7 Å². The first kappa shape index (κ1) is 13.5. The molecule has 0 aliphatic carbocycles. The first-order chi connectivity index (χ1) is 9.06. The summed E-state index contributed by atoms with van der Waals surface area (Å²) in [5.41, 5.74) is 1.28. The van der Waals surface area contributed by atoms with E-state index in [-0.39, 0.29) is 5.56 Å². The lowest BCUT2D eigenvalue weighted by molar-refractivity contribution is 0.0692. The standard InChI is InChI=1S/C14H11BrFNO2/c15-10-2-4-11(5-3-10)17-8-9-1-6-12(14(18)19)13(16)7-9/h1-7,17H,8H2,(H,18,19). The lowest BCUT2D eigenvalue weighted by atomic mass is 10.1. The highest BCUT2D eigenvalue weighted by atomic mass is 79.9. The molecular weight excluding hydrogens is 313 g/mol. The molecule has 0 amide bonds. The molecule has 0 unspecified atom stereocenters. The minimum atomic E-state index is -1.26. The number of benzene rings is 2. The Morgan fingerprint density at radius 3 is 2.47 bits per heavy atom. The maximum Gasteiger partial charge on any atom is 0.338 e. The Bertz CT molecular complexity index is 599. The summed E-state index contributed by atoms with van der Waals surface area (Å²) in [5, 5.41) is 11.9. The van der Waals surface area contributed by atoms with E-state index in [4.69, 9.17) is 5.11 Å². The van der Waals surface area contributed by atoms with E-state index in [2.05, 4.69) is 21.2 Å². The highest BCUT2D eigenvalue weighted by Crippen LogP contribution is 2.16. The molecule has 5 heteroatoms. The smallest absolute Gasteiger partial charge is 0.338 e. The quantitative estimate of drug-likeness (QED) is 0.897. The van der Waals surface area contributed by atoms with Gasteiger partial charge in [-0.15, -0.1) is 0 Å². The third-order valence-electron chi connectivity index (χ3n) is 2.60. The van der Waals surface area contributed by atoms with E-state index < -0.39 is 11.8 Å². The Labute approximate surface area is 118 Å². The molecule has 2 aromatic carbocycles. The Balaban J connectivity index is 2.06. The molecule has 3 nitrogen and oxygen atoms in total. The van der Waals surface area contributed by atoms with Crippen molar-refractivity contribution in [2.24, 2.45) is 0 Å². The molecular formula is C14H11BrFNO2. The summed E-state index contributed by atoms with van der Waals surface area (Å²) in [6.07, 6.45) is 0. The molecule has 0 fully saturated rings. The van der Waals surface area contributed by atoms with Crippen LogP contribution in [0, 0.1) is 5.82 Å². The first-order valence-electron chi connectivity index (χ1n) is 5.57. The summed E-state index contributed by atoms with van der Waals surface area (Å²) in [7, 11) is 0. The van der Waals surface area contributed by atoms with Crippen molar-refractivity contribution in [3.63, 3.8) is 0 Å². The number of hydrogen-bond acceptors (Lipinski definition) is 2. The maximum absolute atomic E-state index is 13.5. The third-order valence-corrected chi connectivity index (χ3v) is 3.13. The molecule has 0 aliphatic heterocycles. The van der Waals surface area contributed by atoms with Crippen molar-refractivity contribution in [3.8, 4) is 0 Å². The number of aromatic carboxylic acids is 1. The largest absolute Gasteiger partial charge is 0.478 e. The van der Waals surface area contributed by atoms with Gasteiger partial charge in [-0.05, 0) is 42.0 Å². The molecule has 0 aromatic heterocycles. The van der Waals surface area contributed by atoms with Crippen LogP contribution in [0.5, 0.6) is 0 Å². The lowest BCUT2D eigenvalue weighted by Crippen LogP contribution is -2.04. The van der Waals surface area contributed by atoms with Gasteiger partial charge in [0.05, 0.1) is 5.56 Å². The maximum atomic E-state index is 13.5. The van der Waals surface area contributed by atoms with E-state index in [0.717, 1.165) is 10.2 Å². The van der Waals surface area contributed by atoms with Crippen molar-refractivity contribution < 1.29 is 14.3 Å². The van der Waals surface area contributed by atoms with Crippen molar-refractivity contribution in [2.75, 3.05) is 5.32 Å². The van der Waals surface area contributed by atoms with Crippen molar-refractivity contribution in [2.45, 2.75) is 6.54 Å². The second-order valence-electron chi connectivity index (χ2n) is 3.98. The van der Waals surface area contributed by atoms with Crippen LogP contribution in [0.15, 0.2) is 46.9 Å². The number of hydrogen-bond donors (Lipinski definition) is 2. The van der Waals surface area contributed by atoms with Gasteiger partial charge < -0.3 is 10.4 Å². The number of anilines is 1. The minimum Gasteiger partial charge on any atom is -0.478 e. The summed E-state index contributed by atoms with van der Waals surface area (Å²) < 4.78 is 14.4. The van der Waals surface area contributed by atoms with E-state index in [0.29, 0.717) is 12.1 Å². The fraction of sp³-hybridized carbons (Fsp3) is 0.0714. The number of nitrogens with one attached hydrogen (secondary N) is 1. The molecule has 0 aliphatic rings. The van der Waals surface area contributed by atoms with Crippen LogP contribution in [0.25, 0.3) is 0 Å². The van der Waals surface area contributed by atoms with Crippen molar-refractivity contribution in [3.05, 3.63) is 63.9 Å². The zero-order valence-corrected chi connectivity index (χ0v) is 11.4. The molecule has 0 atom stereocenters. The minimum absolute atomic E-state index is 0.313. The summed E-state index contributed by atoms with van der Waals surface area (Å²) in [6, 6.07) is 11.7. The van der Waals surface area contributed by atoms with E-state index in [1.54, 1.807) is 6.07 Å². The van der Waals surface area contributed by atoms with E-state index >= 15 is 0 Å². The molecule has 98 valence electrons. The van der Waals surface area contributed by atoms with Gasteiger partial charge in [0.1, 0.15) is 5.82 Å². The second-order valence-corrected chi connectivity index (χ2v) is 4.90. The average Bonchev–Trinajstić information content (AvgIpc) is 2.37. The number of rotatable bonds is 4. The van der Waals surface area contributed by atoms with E-state index in [1.807, 2.05) is 24.3 Å². The molecule has 0 spiro atoms. The number of carboxylic acid groups (broad SMARTS) is 1. The Kier molecular flexibility index (Phi) is 4.16. The first-order valence-corrected chi connectivity index (χ1v) is 6.37. The number of carbonyl (C=O) groups is 1. The van der Waals surface area contributed by atoms with Crippen molar-refractivity contribution in [1.82, 2.24) is 0 Å². The van der Waals surface area contributed by atoms with Gasteiger partial charge in [0.25, 0.3) is 0 Å². The fourth-order valence-electron chi connectivity index (χ4n) is 1.61. The van der Waals surface area contributed by atoms with Gasteiger partial charge in [-0.2, -0.15) is 0 Å². The zero-order chi connectivity index (χ0) is 13.8.